The Labute approximate surface area is 128 Å². The second-order valence-electron chi connectivity index (χ2n) is 5.86. The first-order valence-corrected chi connectivity index (χ1v) is 6.81. The standard InChI is InChI=1S/C14H17F7N2/c1-7(2)6-8(3)11-9(22)4-5-10(23-11)12(15,13(16,17)18)14(19,20)21/h4-5,7-8H,6,22H2,1-3H3. The second-order valence-corrected chi connectivity index (χ2v) is 5.86. The van der Waals surface area contributed by atoms with E-state index < -0.39 is 29.6 Å². The van der Waals surface area contributed by atoms with Gasteiger partial charge in [-0.1, -0.05) is 20.8 Å². The summed E-state index contributed by atoms with van der Waals surface area (Å²) in [7, 11) is 0. The minimum absolute atomic E-state index is 0.0754. The fraction of sp³-hybridized carbons (Fsp3) is 0.643. The Kier molecular flexibility index (Phi) is 5.23. The monoisotopic (exact) mass is 346 g/mol. The van der Waals surface area contributed by atoms with Crippen molar-refractivity contribution < 1.29 is 30.7 Å². The minimum Gasteiger partial charge on any atom is -0.397 e. The predicted molar refractivity (Wildman–Crippen MR) is 71.4 cm³/mol. The van der Waals surface area contributed by atoms with E-state index in [0.717, 1.165) is 6.07 Å². The first kappa shape index (κ1) is 19.5. The summed E-state index contributed by atoms with van der Waals surface area (Å²) in [6.45, 7) is 5.20. The van der Waals surface area contributed by atoms with Crippen molar-refractivity contribution in [2.24, 2.45) is 5.92 Å². The van der Waals surface area contributed by atoms with Gasteiger partial charge in [-0.3, -0.25) is 4.98 Å². The molecule has 0 spiro atoms. The summed E-state index contributed by atoms with van der Waals surface area (Å²) < 4.78 is 90.6. The third kappa shape index (κ3) is 3.69. The van der Waals surface area contributed by atoms with Crippen LogP contribution in [0.4, 0.5) is 36.4 Å². The Morgan fingerprint density at radius 2 is 1.43 bits per heavy atom. The highest BCUT2D eigenvalue weighted by atomic mass is 19.4. The number of hydrogen-bond acceptors (Lipinski definition) is 2. The van der Waals surface area contributed by atoms with Crippen molar-refractivity contribution in [2.45, 2.75) is 51.1 Å². The van der Waals surface area contributed by atoms with Crippen molar-refractivity contribution in [1.29, 1.82) is 0 Å². The molecule has 0 aliphatic heterocycles. The maximum absolute atomic E-state index is 14.0. The summed E-state index contributed by atoms with van der Waals surface area (Å²) in [5, 5.41) is 0. The van der Waals surface area contributed by atoms with Crippen LogP contribution < -0.4 is 5.73 Å². The first-order chi connectivity index (χ1) is 10.2. The van der Waals surface area contributed by atoms with Crippen molar-refractivity contribution in [3.05, 3.63) is 23.5 Å². The van der Waals surface area contributed by atoms with Gasteiger partial charge in [0.2, 0.25) is 0 Å². The molecule has 2 nitrogen and oxygen atoms in total. The fourth-order valence-corrected chi connectivity index (χ4v) is 2.34. The first-order valence-electron chi connectivity index (χ1n) is 6.81. The lowest BCUT2D eigenvalue weighted by Crippen LogP contribution is -2.51. The smallest absolute Gasteiger partial charge is 0.397 e. The van der Waals surface area contributed by atoms with Crippen LogP contribution in [0.3, 0.4) is 0 Å². The summed E-state index contributed by atoms with van der Waals surface area (Å²) in [6, 6.07) is 1.14. The minimum atomic E-state index is -6.19. The van der Waals surface area contributed by atoms with E-state index in [2.05, 4.69) is 4.98 Å². The molecule has 1 unspecified atom stereocenters. The zero-order valence-electron chi connectivity index (χ0n) is 12.7. The molecule has 9 heteroatoms. The molecule has 1 aromatic rings. The number of rotatable bonds is 4. The van der Waals surface area contributed by atoms with Crippen molar-refractivity contribution in [1.82, 2.24) is 4.98 Å². The molecule has 1 rings (SSSR count). The molecule has 0 amide bonds. The highest BCUT2D eigenvalue weighted by molar-refractivity contribution is 5.46. The molecule has 0 bridgehead atoms. The molecule has 0 saturated heterocycles. The summed E-state index contributed by atoms with van der Waals surface area (Å²) in [6.07, 6.45) is -11.9. The molecule has 23 heavy (non-hydrogen) atoms. The quantitative estimate of drug-likeness (QED) is 0.770. The molecular weight excluding hydrogens is 329 g/mol. The van der Waals surface area contributed by atoms with E-state index in [1.54, 1.807) is 6.92 Å². The lowest BCUT2D eigenvalue weighted by molar-refractivity contribution is -0.350. The molecule has 0 aliphatic rings. The lowest BCUT2D eigenvalue weighted by Gasteiger charge is -2.30. The molecule has 0 saturated carbocycles. The molecule has 132 valence electrons. The maximum atomic E-state index is 14.0. The number of alkyl halides is 7. The Morgan fingerprint density at radius 1 is 0.957 bits per heavy atom. The van der Waals surface area contributed by atoms with E-state index in [1.807, 2.05) is 13.8 Å². The number of halogens is 7. The third-order valence-corrected chi connectivity index (χ3v) is 3.38. The largest absolute Gasteiger partial charge is 0.437 e. The number of aromatic nitrogens is 1. The topological polar surface area (TPSA) is 38.9 Å². The van der Waals surface area contributed by atoms with Crippen molar-refractivity contribution in [2.75, 3.05) is 5.73 Å². The van der Waals surface area contributed by atoms with E-state index in [-0.39, 0.29) is 17.3 Å². The Bertz CT molecular complexity index is 535. The second kappa shape index (κ2) is 6.16. The van der Waals surface area contributed by atoms with Gasteiger partial charge in [-0.2, -0.15) is 26.3 Å². The number of nitrogens with zero attached hydrogens (tertiary/aromatic N) is 1. The molecule has 0 fully saturated rings. The predicted octanol–water partition coefficient (Wildman–Crippen LogP) is 5.10. The number of pyridine rings is 1. The summed E-state index contributed by atoms with van der Waals surface area (Å²) in [5.41, 5.74) is -1.96. The zero-order chi connectivity index (χ0) is 18.2. The van der Waals surface area contributed by atoms with Gasteiger partial charge in [0.05, 0.1) is 17.1 Å². The Hall–Kier alpha value is -1.54. The van der Waals surface area contributed by atoms with Gasteiger partial charge < -0.3 is 5.73 Å². The summed E-state index contributed by atoms with van der Waals surface area (Å²) in [4.78, 5) is 3.29. The molecule has 0 aliphatic carbocycles. The van der Waals surface area contributed by atoms with Crippen molar-refractivity contribution in [3.63, 3.8) is 0 Å². The van der Waals surface area contributed by atoms with Gasteiger partial charge in [0.25, 0.3) is 0 Å². The molecule has 2 N–H and O–H groups in total. The number of anilines is 1. The molecule has 1 atom stereocenters. The van der Waals surface area contributed by atoms with E-state index in [1.165, 1.54) is 0 Å². The van der Waals surface area contributed by atoms with E-state index in [4.69, 9.17) is 5.73 Å². The lowest BCUT2D eigenvalue weighted by atomic mass is 9.93. The average Bonchev–Trinajstić information content (AvgIpc) is 2.34. The van der Waals surface area contributed by atoms with Gasteiger partial charge in [-0.15, -0.1) is 0 Å². The highest BCUT2D eigenvalue weighted by Crippen LogP contribution is 2.52. The molecule has 0 radical (unpaired) electrons. The number of hydrogen-bond donors (Lipinski definition) is 1. The van der Waals surface area contributed by atoms with Gasteiger partial charge in [0.1, 0.15) is 0 Å². The van der Waals surface area contributed by atoms with Gasteiger partial charge in [0.15, 0.2) is 0 Å². The van der Waals surface area contributed by atoms with E-state index >= 15 is 0 Å². The van der Waals surface area contributed by atoms with Crippen LogP contribution in [-0.2, 0) is 5.67 Å². The van der Waals surface area contributed by atoms with Crippen LogP contribution in [0.25, 0.3) is 0 Å². The summed E-state index contributed by atoms with van der Waals surface area (Å²) in [5.74, 6) is -0.407. The van der Waals surface area contributed by atoms with Gasteiger partial charge >= 0.3 is 18.0 Å². The van der Waals surface area contributed by atoms with Crippen LogP contribution in [0.15, 0.2) is 12.1 Å². The molecule has 1 heterocycles. The van der Waals surface area contributed by atoms with E-state index in [0.29, 0.717) is 12.5 Å². The average molecular weight is 346 g/mol. The third-order valence-electron chi connectivity index (χ3n) is 3.38. The van der Waals surface area contributed by atoms with Crippen LogP contribution in [0, 0.1) is 5.92 Å². The fourth-order valence-electron chi connectivity index (χ4n) is 2.34. The van der Waals surface area contributed by atoms with Gasteiger partial charge in [-0.25, -0.2) is 4.39 Å². The van der Waals surface area contributed by atoms with Crippen molar-refractivity contribution >= 4 is 5.69 Å². The van der Waals surface area contributed by atoms with Crippen molar-refractivity contribution in [3.8, 4) is 0 Å². The SMILES string of the molecule is CC(C)CC(C)c1nc(C(F)(C(F)(F)F)C(F)(F)F)ccc1N. The Morgan fingerprint density at radius 3 is 1.83 bits per heavy atom. The number of nitrogens with two attached hydrogens (primary N) is 1. The maximum Gasteiger partial charge on any atom is 0.437 e. The normalized spacial score (nSPS) is 15.1. The van der Waals surface area contributed by atoms with E-state index in [9.17, 15) is 30.7 Å². The van der Waals surface area contributed by atoms with Gasteiger partial charge in [-0.05, 0) is 24.5 Å². The molecule has 1 aromatic heterocycles. The molecule has 0 aromatic carbocycles. The zero-order valence-corrected chi connectivity index (χ0v) is 12.7. The Balaban J connectivity index is 3.48. The highest BCUT2D eigenvalue weighted by Gasteiger charge is 2.74. The summed E-state index contributed by atoms with van der Waals surface area (Å²) >= 11 is 0. The van der Waals surface area contributed by atoms with Crippen LogP contribution in [0.5, 0.6) is 0 Å². The van der Waals surface area contributed by atoms with Crippen LogP contribution >= 0.6 is 0 Å². The van der Waals surface area contributed by atoms with Crippen LogP contribution in [0.2, 0.25) is 0 Å². The number of nitrogen functional groups attached to an aromatic ring is 1. The van der Waals surface area contributed by atoms with Crippen LogP contribution in [0.1, 0.15) is 44.5 Å². The van der Waals surface area contributed by atoms with Gasteiger partial charge in [0, 0.05) is 5.92 Å². The molecular formula is C14H17F7N2. The van der Waals surface area contributed by atoms with Crippen LogP contribution in [-0.4, -0.2) is 17.3 Å².